The Morgan fingerprint density at radius 3 is 2.80 bits per heavy atom. The average Bonchev–Trinajstić information content (AvgIpc) is 3.23. The van der Waals surface area contributed by atoms with Gasteiger partial charge in [-0.3, -0.25) is 9.59 Å². The molecule has 1 saturated heterocycles. The molecule has 1 aliphatic heterocycles. The summed E-state index contributed by atoms with van der Waals surface area (Å²) in [5.74, 6) is -1.15. The Morgan fingerprint density at radius 2 is 2.10 bits per heavy atom. The van der Waals surface area contributed by atoms with Gasteiger partial charge in [0.25, 0.3) is 0 Å². The molecule has 1 N–H and O–H groups in total. The van der Waals surface area contributed by atoms with Gasteiger partial charge < -0.3 is 10.2 Å². The predicted molar refractivity (Wildman–Crippen MR) is 70.8 cm³/mol. The van der Waals surface area contributed by atoms with E-state index in [1.54, 1.807) is 12.1 Å². The second-order valence-corrected chi connectivity index (χ2v) is 5.00. The lowest BCUT2D eigenvalue weighted by atomic mass is 10.0. The third-order valence-corrected chi connectivity index (χ3v) is 3.74. The van der Waals surface area contributed by atoms with Crippen molar-refractivity contribution in [1.82, 2.24) is 5.32 Å². The molecule has 0 bridgehead atoms. The van der Waals surface area contributed by atoms with E-state index >= 15 is 0 Å². The molecule has 0 spiro atoms. The minimum absolute atomic E-state index is 0.437. The fourth-order valence-corrected chi connectivity index (χ4v) is 2.46. The summed E-state index contributed by atoms with van der Waals surface area (Å²) in [5, 5.41) is 2.51. The highest BCUT2D eigenvalue weighted by Gasteiger charge is 2.45. The summed E-state index contributed by atoms with van der Waals surface area (Å²) in [7, 11) is 0. The van der Waals surface area contributed by atoms with Crippen molar-refractivity contribution < 1.29 is 14.4 Å². The maximum absolute atomic E-state index is 11.9. The number of nitrogens with one attached hydrogen (secondary N) is 1. The molecule has 1 aromatic rings. The second-order valence-electron chi connectivity index (χ2n) is 5.00. The van der Waals surface area contributed by atoms with Crippen LogP contribution in [0.5, 0.6) is 0 Å². The molecule has 0 aromatic heterocycles. The van der Waals surface area contributed by atoms with E-state index in [1.807, 2.05) is 18.2 Å². The number of rotatable bonds is 3. The number of carbonyl (C=O) groups excluding carboxylic acids is 3. The highest BCUT2D eigenvalue weighted by Crippen LogP contribution is 2.49. The van der Waals surface area contributed by atoms with Crippen molar-refractivity contribution in [2.24, 2.45) is 4.99 Å². The normalized spacial score (nSPS) is 20.1. The summed E-state index contributed by atoms with van der Waals surface area (Å²) in [6.07, 6.45) is 3.23. The second kappa shape index (κ2) is 4.58. The molecule has 3 rings (SSSR count). The van der Waals surface area contributed by atoms with Crippen molar-refractivity contribution in [3.8, 4) is 0 Å². The molecular weight excluding hydrogens is 258 g/mol. The van der Waals surface area contributed by atoms with Crippen LogP contribution < -0.4 is 10.2 Å². The Bertz CT molecular complexity index is 630. The largest absolute Gasteiger partial charge is 0.346 e. The van der Waals surface area contributed by atoms with Crippen LogP contribution in [0.2, 0.25) is 0 Å². The summed E-state index contributed by atoms with van der Waals surface area (Å²) in [4.78, 5) is 39.1. The third-order valence-electron chi connectivity index (χ3n) is 3.74. The predicted octanol–water partition coefficient (Wildman–Crippen LogP) is 0.474. The van der Waals surface area contributed by atoms with Crippen molar-refractivity contribution in [2.75, 3.05) is 18.0 Å². The van der Waals surface area contributed by atoms with Gasteiger partial charge in [-0.05, 0) is 30.5 Å². The van der Waals surface area contributed by atoms with Crippen LogP contribution >= 0.6 is 0 Å². The average molecular weight is 271 g/mol. The van der Waals surface area contributed by atoms with Gasteiger partial charge in [-0.15, -0.1) is 0 Å². The van der Waals surface area contributed by atoms with E-state index < -0.39 is 17.4 Å². The minimum atomic E-state index is -0.589. The third kappa shape index (κ3) is 2.00. The summed E-state index contributed by atoms with van der Waals surface area (Å²) in [6.45, 7) is 0.879. The van der Waals surface area contributed by atoms with Crippen molar-refractivity contribution in [3.05, 3.63) is 29.8 Å². The van der Waals surface area contributed by atoms with Crippen LogP contribution in [-0.2, 0) is 19.9 Å². The summed E-state index contributed by atoms with van der Waals surface area (Å²) < 4.78 is 0. The molecule has 6 nitrogen and oxygen atoms in total. The van der Waals surface area contributed by atoms with E-state index in [0.29, 0.717) is 18.8 Å². The quantitative estimate of drug-likeness (QED) is 0.493. The van der Waals surface area contributed by atoms with E-state index in [4.69, 9.17) is 0 Å². The zero-order valence-corrected chi connectivity index (χ0v) is 10.8. The Hall–Kier alpha value is -2.46. The first kappa shape index (κ1) is 12.6. The Balaban J connectivity index is 1.94. The molecule has 2 amide bonds. The van der Waals surface area contributed by atoms with Crippen LogP contribution in [0.3, 0.4) is 0 Å². The zero-order valence-electron chi connectivity index (χ0n) is 10.8. The Morgan fingerprint density at radius 1 is 1.30 bits per heavy atom. The first-order valence-electron chi connectivity index (χ1n) is 6.46. The Kier molecular flexibility index (Phi) is 2.88. The van der Waals surface area contributed by atoms with Crippen LogP contribution in [0.4, 0.5) is 5.69 Å². The SMILES string of the molecule is O=C=NC1(c2cccc(N3CCNC(=O)C3=O)c2)CC1. The smallest absolute Gasteiger partial charge is 0.316 e. The zero-order chi connectivity index (χ0) is 14.2. The number of hydrogen-bond donors (Lipinski definition) is 1. The van der Waals surface area contributed by atoms with Gasteiger partial charge in [-0.1, -0.05) is 12.1 Å². The number of nitrogens with zero attached hydrogens (tertiary/aromatic N) is 2. The lowest BCUT2D eigenvalue weighted by Crippen LogP contribution is -2.52. The lowest BCUT2D eigenvalue weighted by molar-refractivity contribution is -0.138. The van der Waals surface area contributed by atoms with E-state index in [9.17, 15) is 14.4 Å². The number of benzene rings is 1. The van der Waals surface area contributed by atoms with Crippen LogP contribution in [0.15, 0.2) is 29.3 Å². The van der Waals surface area contributed by atoms with Crippen LogP contribution in [0.1, 0.15) is 18.4 Å². The van der Waals surface area contributed by atoms with Crippen LogP contribution in [-0.4, -0.2) is 31.0 Å². The number of hydrogen-bond acceptors (Lipinski definition) is 4. The molecule has 2 fully saturated rings. The summed E-state index contributed by atoms with van der Waals surface area (Å²) in [6, 6.07) is 7.29. The van der Waals surface area contributed by atoms with Crippen molar-refractivity contribution in [2.45, 2.75) is 18.4 Å². The van der Waals surface area contributed by atoms with E-state index in [0.717, 1.165) is 18.4 Å². The first-order chi connectivity index (χ1) is 9.66. The monoisotopic (exact) mass is 271 g/mol. The molecule has 1 aromatic carbocycles. The maximum atomic E-state index is 11.9. The molecule has 6 heteroatoms. The number of carbonyl (C=O) groups is 2. The summed E-state index contributed by atoms with van der Waals surface area (Å²) in [5.41, 5.74) is 1.07. The standard InChI is InChI=1S/C14H13N3O3/c18-9-16-14(4-5-14)10-2-1-3-11(8-10)17-7-6-15-12(19)13(17)20/h1-3,8H,4-7H2,(H,15,19). The first-order valence-corrected chi connectivity index (χ1v) is 6.46. The highest BCUT2D eigenvalue weighted by atomic mass is 16.2. The van der Waals surface area contributed by atoms with Gasteiger partial charge in [0.1, 0.15) is 0 Å². The van der Waals surface area contributed by atoms with Gasteiger partial charge in [0.15, 0.2) is 0 Å². The molecule has 2 aliphatic rings. The number of aliphatic imine (C=N–C) groups is 1. The van der Waals surface area contributed by atoms with Crippen molar-refractivity contribution in [1.29, 1.82) is 0 Å². The minimum Gasteiger partial charge on any atom is -0.346 e. The van der Waals surface area contributed by atoms with Gasteiger partial charge in [-0.2, -0.15) is 4.99 Å². The van der Waals surface area contributed by atoms with Crippen molar-refractivity contribution >= 4 is 23.6 Å². The molecule has 20 heavy (non-hydrogen) atoms. The molecule has 1 saturated carbocycles. The molecule has 102 valence electrons. The Labute approximate surface area is 115 Å². The van der Waals surface area contributed by atoms with E-state index in [2.05, 4.69) is 10.3 Å². The molecule has 0 unspecified atom stereocenters. The molecule has 1 heterocycles. The molecule has 0 atom stereocenters. The van der Waals surface area contributed by atoms with Gasteiger partial charge in [0, 0.05) is 18.8 Å². The fraction of sp³-hybridized carbons (Fsp3) is 0.357. The number of piperazine rings is 1. The van der Waals surface area contributed by atoms with Crippen LogP contribution in [0, 0.1) is 0 Å². The van der Waals surface area contributed by atoms with Gasteiger partial charge in [0.05, 0.1) is 5.54 Å². The maximum Gasteiger partial charge on any atom is 0.316 e. The van der Waals surface area contributed by atoms with Crippen LogP contribution in [0.25, 0.3) is 0 Å². The lowest BCUT2D eigenvalue weighted by Gasteiger charge is -2.27. The molecule has 1 aliphatic carbocycles. The summed E-state index contributed by atoms with van der Waals surface area (Å²) >= 11 is 0. The van der Waals surface area contributed by atoms with Gasteiger partial charge in [-0.25, -0.2) is 4.79 Å². The number of anilines is 1. The van der Waals surface area contributed by atoms with E-state index in [-0.39, 0.29) is 0 Å². The molecule has 0 radical (unpaired) electrons. The van der Waals surface area contributed by atoms with E-state index in [1.165, 1.54) is 4.90 Å². The number of isocyanates is 1. The van der Waals surface area contributed by atoms with Gasteiger partial charge in [0.2, 0.25) is 6.08 Å². The number of amides is 2. The van der Waals surface area contributed by atoms with Crippen molar-refractivity contribution in [3.63, 3.8) is 0 Å². The highest BCUT2D eigenvalue weighted by molar-refractivity contribution is 6.41. The van der Waals surface area contributed by atoms with Gasteiger partial charge >= 0.3 is 11.8 Å². The molecular formula is C14H13N3O3. The fourth-order valence-electron chi connectivity index (χ4n) is 2.46. The topological polar surface area (TPSA) is 78.8 Å².